The highest BCUT2D eigenvalue weighted by Crippen LogP contribution is 2.29. The predicted octanol–water partition coefficient (Wildman–Crippen LogP) is 5.54. The fraction of sp³-hybridized carbons (Fsp3) is 0.394. The molecule has 3 aromatic rings. The van der Waals surface area contributed by atoms with E-state index < -0.39 is 34.1 Å². The fourth-order valence-corrected chi connectivity index (χ4v) is 6.13. The summed E-state index contributed by atoms with van der Waals surface area (Å²) in [7, 11) is -2.56. The number of methoxy groups -OCH3 is 1. The van der Waals surface area contributed by atoms with Crippen LogP contribution in [-0.4, -0.2) is 50.4 Å². The molecule has 3 aromatic carbocycles. The predicted molar refractivity (Wildman–Crippen MR) is 167 cm³/mol. The molecule has 0 aliphatic carbocycles. The minimum absolute atomic E-state index is 0.0843. The van der Waals surface area contributed by atoms with E-state index in [1.165, 1.54) is 4.90 Å². The molecule has 1 atom stereocenters. The van der Waals surface area contributed by atoms with Gasteiger partial charge >= 0.3 is 0 Å². The van der Waals surface area contributed by atoms with Crippen molar-refractivity contribution in [1.82, 2.24) is 10.2 Å². The van der Waals surface area contributed by atoms with Gasteiger partial charge in [-0.05, 0) is 95.0 Å². The van der Waals surface area contributed by atoms with Gasteiger partial charge in [-0.3, -0.25) is 13.9 Å². The molecule has 0 aliphatic heterocycles. The van der Waals surface area contributed by atoms with E-state index in [-0.39, 0.29) is 17.3 Å². The molecule has 0 saturated heterocycles. The Kier molecular flexibility index (Phi) is 10.4. The van der Waals surface area contributed by atoms with Crippen molar-refractivity contribution in [2.24, 2.45) is 0 Å². The lowest BCUT2D eigenvalue weighted by molar-refractivity contribution is -0.141. The van der Waals surface area contributed by atoms with Crippen LogP contribution in [0, 0.1) is 20.8 Å². The van der Waals surface area contributed by atoms with Gasteiger partial charge in [0.05, 0.1) is 17.7 Å². The summed E-state index contributed by atoms with van der Waals surface area (Å²) in [4.78, 5) is 29.3. The first-order valence-corrected chi connectivity index (χ1v) is 15.5. The van der Waals surface area contributed by atoms with E-state index in [4.69, 9.17) is 4.74 Å². The summed E-state index contributed by atoms with van der Waals surface area (Å²) in [6.45, 7) is 12.7. The van der Waals surface area contributed by atoms with Crippen LogP contribution in [0.25, 0.3) is 0 Å². The standard InChI is InChI=1S/C33H43N3O5S/c1-9-29(32(38)34-33(5,6)7)35(21-26-15-17-27(41-8)18-16-26)31(37)22-36(30-12-10-11-24(3)25(30)4)42(39,40)28-19-13-23(2)14-20-28/h10-20,29H,9,21-22H2,1-8H3,(H,34,38). The molecule has 0 spiro atoms. The second kappa shape index (κ2) is 13.4. The Balaban J connectivity index is 2.11. The summed E-state index contributed by atoms with van der Waals surface area (Å²) in [5.41, 5.74) is 3.25. The number of sulfonamides is 1. The maximum absolute atomic E-state index is 14.3. The highest BCUT2D eigenvalue weighted by Gasteiger charge is 2.35. The minimum Gasteiger partial charge on any atom is -0.497 e. The molecule has 0 saturated carbocycles. The van der Waals surface area contributed by atoms with E-state index in [0.717, 1.165) is 26.6 Å². The Morgan fingerprint density at radius 3 is 2.10 bits per heavy atom. The third kappa shape index (κ3) is 7.91. The summed E-state index contributed by atoms with van der Waals surface area (Å²) in [6, 6.07) is 18.4. The van der Waals surface area contributed by atoms with Gasteiger partial charge < -0.3 is 15.0 Å². The average Bonchev–Trinajstić information content (AvgIpc) is 2.92. The number of ether oxygens (including phenoxy) is 1. The first-order chi connectivity index (χ1) is 19.7. The molecule has 8 nitrogen and oxygen atoms in total. The van der Waals surface area contributed by atoms with Gasteiger partial charge in [0.25, 0.3) is 10.0 Å². The van der Waals surface area contributed by atoms with Gasteiger partial charge in [-0.1, -0.05) is 48.9 Å². The number of benzene rings is 3. The smallest absolute Gasteiger partial charge is 0.264 e. The molecule has 226 valence electrons. The summed E-state index contributed by atoms with van der Waals surface area (Å²) in [5.74, 6) is -0.121. The number of nitrogens with one attached hydrogen (secondary N) is 1. The van der Waals surface area contributed by atoms with E-state index in [1.54, 1.807) is 55.6 Å². The van der Waals surface area contributed by atoms with Crippen molar-refractivity contribution >= 4 is 27.5 Å². The molecule has 0 heterocycles. The van der Waals surface area contributed by atoms with Crippen molar-refractivity contribution in [2.75, 3.05) is 18.0 Å². The van der Waals surface area contributed by atoms with Crippen molar-refractivity contribution in [3.05, 3.63) is 89.0 Å². The van der Waals surface area contributed by atoms with Gasteiger partial charge in [-0.2, -0.15) is 0 Å². The Morgan fingerprint density at radius 2 is 1.55 bits per heavy atom. The zero-order valence-electron chi connectivity index (χ0n) is 25.9. The van der Waals surface area contributed by atoms with Gasteiger partial charge in [-0.15, -0.1) is 0 Å². The number of amides is 2. The van der Waals surface area contributed by atoms with E-state index in [1.807, 2.05) is 66.7 Å². The van der Waals surface area contributed by atoms with Crippen molar-refractivity contribution in [1.29, 1.82) is 0 Å². The molecular formula is C33H43N3O5S. The zero-order valence-corrected chi connectivity index (χ0v) is 26.7. The molecule has 0 aromatic heterocycles. The van der Waals surface area contributed by atoms with Crippen molar-refractivity contribution in [3.8, 4) is 5.75 Å². The lowest BCUT2D eigenvalue weighted by Crippen LogP contribution is -2.55. The maximum atomic E-state index is 14.3. The molecule has 0 bridgehead atoms. The minimum atomic E-state index is -4.13. The van der Waals surface area contributed by atoms with Crippen LogP contribution < -0.4 is 14.4 Å². The third-order valence-corrected chi connectivity index (χ3v) is 8.90. The molecule has 42 heavy (non-hydrogen) atoms. The van der Waals surface area contributed by atoms with Crippen LogP contribution in [-0.2, 0) is 26.2 Å². The summed E-state index contributed by atoms with van der Waals surface area (Å²) >= 11 is 0. The Labute approximate surface area is 250 Å². The van der Waals surface area contributed by atoms with E-state index in [9.17, 15) is 18.0 Å². The summed E-state index contributed by atoms with van der Waals surface area (Å²) in [5, 5.41) is 2.99. The molecule has 1 unspecified atom stereocenters. The molecular weight excluding hydrogens is 550 g/mol. The first-order valence-electron chi connectivity index (χ1n) is 14.1. The Bertz CT molecular complexity index is 1490. The van der Waals surface area contributed by atoms with Crippen molar-refractivity contribution in [2.45, 2.75) is 77.9 Å². The number of anilines is 1. The van der Waals surface area contributed by atoms with Crippen LogP contribution in [0.5, 0.6) is 5.75 Å². The third-order valence-electron chi connectivity index (χ3n) is 7.13. The van der Waals surface area contributed by atoms with E-state index >= 15 is 0 Å². The van der Waals surface area contributed by atoms with Crippen LogP contribution in [0.2, 0.25) is 0 Å². The lowest BCUT2D eigenvalue weighted by Gasteiger charge is -2.35. The second-order valence-electron chi connectivity index (χ2n) is 11.6. The van der Waals surface area contributed by atoms with Crippen molar-refractivity contribution < 1.29 is 22.7 Å². The topological polar surface area (TPSA) is 96.0 Å². The number of carbonyl (C=O) groups excluding carboxylic acids is 2. The monoisotopic (exact) mass is 593 g/mol. The van der Waals surface area contributed by atoms with Gasteiger partial charge in [0.1, 0.15) is 18.3 Å². The molecule has 0 fully saturated rings. The molecule has 0 radical (unpaired) electrons. The van der Waals surface area contributed by atoms with Crippen LogP contribution in [0.4, 0.5) is 5.69 Å². The molecule has 2 amide bonds. The van der Waals surface area contributed by atoms with Gasteiger partial charge in [0, 0.05) is 12.1 Å². The highest BCUT2D eigenvalue weighted by molar-refractivity contribution is 7.92. The number of hydrogen-bond donors (Lipinski definition) is 1. The van der Waals surface area contributed by atoms with Gasteiger partial charge in [-0.25, -0.2) is 8.42 Å². The Hall–Kier alpha value is -3.85. The normalized spacial score (nSPS) is 12.4. The zero-order chi connectivity index (χ0) is 31.2. The lowest BCUT2D eigenvalue weighted by atomic mass is 10.1. The van der Waals surface area contributed by atoms with Crippen molar-refractivity contribution in [3.63, 3.8) is 0 Å². The van der Waals surface area contributed by atoms with E-state index in [0.29, 0.717) is 17.9 Å². The molecule has 1 N–H and O–H groups in total. The van der Waals surface area contributed by atoms with Crippen LogP contribution in [0.15, 0.2) is 71.6 Å². The average molecular weight is 594 g/mol. The fourth-order valence-electron chi connectivity index (χ4n) is 4.66. The van der Waals surface area contributed by atoms with E-state index in [2.05, 4.69) is 5.32 Å². The quantitative estimate of drug-likeness (QED) is 0.315. The summed E-state index contributed by atoms with van der Waals surface area (Å²) in [6.07, 6.45) is 0.345. The maximum Gasteiger partial charge on any atom is 0.264 e. The van der Waals surface area contributed by atoms with Crippen LogP contribution in [0.1, 0.15) is 56.4 Å². The first kappa shape index (κ1) is 32.7. The van der Waals surface area contributed by atoms with Crippen LogP contribution >= 0.6 is 0 Å². The molecule has 9 heteroatoms. The number of hydrogen-bond acceptors (Lipinski definition) is 5. The molecule has 3 rings (SSSR count). The van der Waals surface area contributed by atoms with Gasteiger partial charge in [0.2, 0.25) is 11.8 Å². The van der Waals surface area contributed by atoms with Crippen LogP contribution in [0.3, 0.4) is 0 Å². The number of carbonyl (C=O) groups is 2. The van der Waals surface area contributed by atoms with Gasteiger partial charge in [0.15, 0.2) is 0 Å². The SMILES string of the molecule is CCC(C(=O)NC(C)(C)C)N(Cc1ccc(OC)cc1)C(=O)CN(c1cccc(C)c1C)S(=O)(=O)c1ccc(C)cc1. The Morgan fingerprint density at radius 1 is 0.929 bits per heavy atom. The number of rotatable bonds is 11. The largest absolute Gasteiger partial charge is 0.497 e. The number of aryl methyl sites for hydroxylation is 2. The second-order valence-corrected chi connectivity index (χ2v) is 13.4. The number of nitrogens with zero attached hydrogens (tertiary/aromatic N) is 2. The molecule has 0 aliphatic rings. The summed E-state index contributed by atoms with van der Waals surface area (Å²) < 4.78 is 34.7. The highest BCUT2D eigenvalue weighted by atomic mass is 32.2.